The molecular weight excluding hydrogens is 530 g/mol. The normalized spacial score (nSPS) is 13.4. The van der Waals surface area contributed by atoms with Crippen LogP contribution in [0.3, 0.4) is 0 Å². The zero-order valence-electron chi connectivity index (χ0n) is 25.0. The Bertz CT molecular complexity index is 2120. The SMILES string of the molecule is CC1(C)c2cc(-c3ccccc3)ccc2N(c2ccc3ccccc3c2)c2ccc(-c3ccc(-c4ccccc4)cc3)cc21. The van der Waals surface area contributed by atoms with Gasteiger partial charge in [-0.1, -0.05) is 141 Å². The Balaban J connectivity index is 1.29. The molecule has 210 valence electrons. The smallest absolute Gasteiger partial charge is 0.0503 e. The molecule has 0 amide bonds. The molecular formula is C43H33N. The number of fused-ring (bicyclic) bond motifs is 3. The van der Waals surface area contributed by atoms with Crippen LogP contribution in [-0.4, -0.2) is 0 Å². The van der Waals surface area contributed by atoms with E-state index in [4.69, 9.17) is 0 Å². The van der Waals surface area contributed by atoms with Gasteiger partial charge >= 0.3 is 0 Å². The van der Waals surface area contributed by atoms with Gasteiger partial charge in [-0.2, -0.15) is 0 Å². The van der Waals surface area contributed by atoms with Gasteiger partial charge in [0.1, 0.15) is 0 Å². The minimum absolute atomic E-state index is 0.206. The summed E-state index contributed by atoms with van der Waals surface area (Å²) in [6, 6.07) is 59.7. The maximum absolute atomic E-state index is 2.46. The lowest BCUT2D eigenvalue weighted by Crippen LogP contribution is -2.30. The fraction of sp³-hybridized carbons (Fsp3) is 0.0698. The number of hydrogen-bond donors (Lipinski definition) is 0. The first-order valence-electron chi connectivity index (χ1n) is 15.4. The maximum Gasteiger partial charge on any atom is 0.0503 e. The summed E-state index contributed by atoms with van der Waals surface area (Å²) in [5.74, 6) is 0. The highest BCUT2D eigenvalue weighted by molar-refractivity contribution is 5.93. The van der Waals surface area contributed by atoms with Crippen LogP contribution >= 0.6 is 0 Å². The van der Waals surface area contributed by atoms with Crippen molar-refractivity contribution in [3.05, 3.63) is 175 Å². The summed E-state index contributed by atoms with van der Waals surface area (Å²) in [6.07, 6.45) is 0. The van der Waals surface area contributed by atoms with Crippen molar-refractivity contribution in [1.82, 2.24) is 0 Å². The third-order valence-corrected chi connectivity index (χ3v) is 9.25. The zero-order valence-corrected chi connectivity index (χ0v) is 25.0. The molecule has 0 spiro atoms. The molecule has 1 aliphatic heterocycles. The van der Waals surface area contributed by atoms with E-state index < -0.39 is 0 Å². The van der Waals surface area contributed by atoms with Crippen molar-refractivity contribution in [2.75, 3.05) is 4.90 Å². The van der Waals surface area contributed by atoms with Gasteiger partial charge in [-0.05, 0) is 91.7 Å². The Morgan fingerprint density at radius 3 is 1.36 bits per heavy atom. The van der Waals surface area contributed by atoms with Crippen molar-refractivity contribution >= 4 is 27.8 Å². The lowest BCUT2D eigenvalue weighted by molar-refractivity contribution is 0.632. The minimum atomic E-state index is -0.206. The highest BCUT2D eigenvalue weighted by atomic mass is 15.2. The van der Waals surface area contributed by atoms with E-state index in [9.17, 15) is 0 Å². The van der Waals surface area contributed by atoms with E-state index >= 15 is 0 Å². The first-order valence-corrected chi connectivity index (χ1v) is 15.4. The molecule has 7 aromatic carbocycles. The largest absolute Gasteiger partial charge is 0.310 e. The Morgan fingerprint density at radius 2 is 0.795 bits per heavy atom. The van der Waals surface area contributed by atoms with Crippen LogP contribution in [0.15, 0.2) is 164 Å². The molecule has 1 heterocycles. The molecule has 0 atom stereocenters. The van der Waals surface area contributed by atoms with Crippen molar-refractivity contribution in [2.45, 2.75) is 19.3 Å². The van der Waals surface area contributed by atoms with Crippen molar-refractivity contribution in [3.8, 4) is 33.4 Å². The van der Waals surface area contributed by atoms with Gasteiger partial charge in [0.15, 0.2) is 0 Å². The molecule has 0 bridgehead atoms. The van der Waals surface area contributed by atoms with E-state index in [1.807, 2.05) is 0 Å². The summed E-state index contributed by atoms with van der Waals surface area (Å²) < 4.78 is 0. The Labute approximate surface area is 259 Å². The summed E-state index contributed by atoms with van der Waals surface area (Å²) in [6.45, 7) is 4.75. The van der Waals surface area contributed by atoms with Crippen LogP contribution in [-0.2, 0) is 5.41 Å². The van der Waals surface area contributed by atoms with Gasteiger partial charge in [0.2, 0.25) is 0 Å². The second-order valence-corrected chi connectivity index (χ2v) is 12.3. The van der Waals surface area contributed by atoms with Crippen molar-refractivity contribution < 1.29 is 0 Å². The minimum Gasteiger partial charge on any atom is -0.310 e. The lowest BCUT2D eigenvalue weighted by Gasteiger charge is -2.42. The summed E-state index contributed by atoms with van der Waals surface area (Å²) in [5.41, 5.74) is 13.5. The topological polar surface area (TPSA) is 3.24 Å². The summed E-state index contributed by atoms with van der Waals surface area (Å²) in [5, 5.41) is 2.50. The van der Waals surface area contributed by atoms with E-state index in [1.165, 1.54) is 72.3 Å². The molecule has 0 saturated heterocycles. The molecule has 0 saturated carbocycles. The standard InChI is InChI=1S/C43H33N/c1-43(2)39-28-36(31-13-7-4-8-14-31)22-25-41(39)44(38-24-21-32-15-9-10-16-35(32)27-38)42-26-23-37(29-40(42)43)34-19-17-33(18-20-34)30-11-5-3-6-12-30/h3-29H,1-2H3. The quantitative estimate of drug-likeness (QED) is 0.206. The molecule has 0 fully saturated rings. The first-order chi connectivity index (χ1) is 21.6. The fourth-order valence-corrected chi connectivity index (χ4v) is 6.81. The second kappa shape index (κ2) is 10.4. The molecule has 0 aliphatic carbocycles. The van der Waals surface area contributed by atoms with E-state index in [1.54, 1.807) is 0 Å². The van der Waals surface area contributed by atoms with Gasteiger partial charge < -0.3 is 4.90 Å². The summed E-state index contributed by atoms with van der Waals surface area (Å²) >= 11 is 0. The van der Waals surface area contributed by atoms with Gasteiger partial charge in [-0.3, -0.25) is 0 Å². The van der Waals surface area contributed by atoms with Crippen LogP contribution in [0.1, 0.15) is 25.0 Å². The third-order valence-electron chi connectivity index (χ3n) is 9.25. The predicted molar refractivity (Wildman–Crippen MR) is 187 cm³/mol. The fourth-order valence-electron chi connectivity index (χ4n) is 6.81. The van der Waals surface area contributed by atoms with Crippen LogP contribution < -0.4 is 4.90 Å². The molecule has 0 unspecified atom stereocenters. The van der Waals surface area contributed by atoms with Crippen molar-refractivity contribution in [3.63, 3.8) is 0 Å². The third kappa shape index (κ3) is 4.41. The first kappa shape index (κ1) is 26.2. The van der Waals surface area contributed by atoms with Crippen LogP contribution in [0.25, 0.3) is 44.2 Å². The van der Waals surface area contributed by atoms with E-state index in [0.29, 0.717) is 0 Å². The summed E-state index contributed by atoms with van der Waals surface area (Å²) in [7, 11) is 0. The Hall–Kier alpha value is -5.40. The monoisotopic (exact) mass is 563 g/mol. The molecule has 0 aromatic heterocycles. The molecule has 0 N–H and O–H groups in total. The van der Waals surface area contributed by atoms with Gasteiger partial charge in [-0.25, -0.2) is 0 Å². The Morgan fingerprint density at radius 1 is 0.364 bits per heavy atom. The second-order valence-electron chi connectivity index (χ2n) is 12.3. The van der Waals surface area contributed by atoms with Crippen LogP contribution in [0.4, 0.5) is 17.1 Å². The molecule has 7 aromatic rings. The van der Waals surface area contributed by atoms with Crippen LogP contribution in [0.2, 0.25) is 0 Å². The van der Waals surface area contributed by atoms with Crippen LogP contribution in [0, 0.1) is 0 Å². The number of rotatable bonds is 4. The average Bonchev–Trinajstić information content (AvgIpc) is 3.09. The lowest BCUT2D eigenvalue weighted by atomic mass is 9.72. The van der Waals surface area contributed by atoms with Gasteiger partial charge in [0, 0.05) is 11.1 Å². The molecule has 1 aliphatic rings. The average molecular weight is 564 g/mol. The predicted octanol–water partition coefficient (Wildman–Crippen LogP) is 11.9. The number of nitrogens with zero attached hydrogens (tertiary/aromatic N) is 1. The molecule has 44 heavy (non-hydrogen) atoms. The van der Waals surface area contributed by atoms with Gasteiger partial charge in [0.25, 0.3) is 0 Å². The number of hydrogen-bond acceptors (Lipinski definition) is 1. The van der Waals surface area contributed by atoms with E-state index in [-0.39, 0.29) is 5.41 Å². The van der Waals surface area contributed by atoms with Gasteiger partial charge in [0.05, 0.1) is 11.4 Å². The molecule has 1 nitrogen and oxygen atoms in total. The molecule has 0 radical (unpaired) electrons. The van der Waals surface area contributed by atoms with Crippen molar-refractivity contribution in [1.29, 1.82) is 0 Å². The summed E-state index contributed by atoms with van der Waals surface area (Å²) in [4.78, 5) is 2.46. The molecule has 8 rings (SSSR count). The molecule has 1 heteroatoms. The zero-order chi connectivity index (χ0) is 29.7. The Kier molecular flexibility index (Phi) is 6.20. The number of anilines is 3. The van der Waals surface area contributed by atoms with E-state index in [0.717, 1.165) is 0 Å². The van der Waals surface area contributed by atoms with Crippen molar-refractivity contribution in [2.24, 2.45) is 0 Å². The van der Waals surface area contributed by atoms with Gasteiger partial charge in [-0.15, -0.1) is 0 Å². The highest BCUT2D eigenvalue weighted by Gasteiger charge is 2.37. The number of benzene rings is 7. The maximum atomic E-state index is 2.46. The van der Waals surface area contributed by atoms with E-state index in [2.05, 4.69) is 183 Å². The highest BCUT2D eigenvalue weighted by Crippen LogP contribution is 2.53. The van der Waals surface area contributed by atoms with Crippen LogP contribution in [0.5, 0.6) is 0 Å².